The first kappa shape index (κ1) is 26.1. The van der Waals surface area contributed by atoms with Crippen LogP contribution in [0.1, 0.15) is 29.5 Å². The second-order valence-corrected chi connectivity index (χ2v) is 11.5. The molecule has 198 valence electrons. The van der Waals surface area contributed by atoms with E-state index in [1.165, 1.54) is 5.56 Å². The van der Waals surface area contributed by atoms with Crippen molar-refractivity contribution in [3.63, 3.8) is 0 Å². The number of nitrogens with zero attached hydrogens (tertiary/aromatic N) is 3. The monoisotopic (exact) mass is 576 g/mol. The molecule has 2 amide bonds. The van der Waals surface area contributed by atoms with E-state index in [1.54, 1.807) is 23.1 Å². The Morgan fingerprint density at radius 3 is 2.36 bits per heavy atom. The van der Waals surface area contributed by atoms with Crippen molar-refractivity contribution in [1.82, 2.24) is 15.2 Å². The fourth-order valence-corrected chi connectivity index (χ4v) is 6.66. The average Bonchev–Trinajstić information content (AvgIpc) is 3.29. The summed E-state index contributed by atoms with van der Waals surface area (Å²) in [4.78, 5) is 21.6. The summed E-state index contributed by atoms with van der Waals surface area (Å²) in [6, 6.07) is 21.4. The van der Waals surface area contributed by atoms with Crippen molar-refractivity contribution in [2.45, 2.75) is 25.9 Å². The number of amides is 2. The molecule has 4 aromatic rings. The van der Waals surface area contributed by atoms with Gasteiger partial charge in [0, 0.05) is 60.6 Å². The Bertz CT molecular complexity index is 1520. The lowest BCUT2D eigenvalue weighted by Gasteiger charge is -2.34. The van der Waals surface area contributed by atoms with Crippen molar-refractivity contribution in [3.05, 3.63) is 111 Å². The van der Waals surface area contributed by atoms with Gasteiger partial charge in [0.1, 0.15) is 0 Å². The van der Waals surface area contributed by atoms with Crippen molar-refractivity contribution in [1.29, 1.82) is 0 Å². The van der Waals surface area contributed by atoms with Crippen molar-refractivity contribution >= 4 is 52.2 Å². The van der Waals surface area contributed by atoms with Gasteiger partial charge in [0.2, 0.25) is 0 Å². The number of carbonyl (C=O) groups excluding carboxylic acids is 1. The maximum Gasteiger partial charge on any atom is 0.326 e. The molecule has 0 saturated carbocycles. The Morgan fingerprint density at radius 1 is 0.897 bits per heavy atom. The molecule has 1 saturated heterocycles. The van der Waals surface area contributed by atoms with Crippen LogP contribution in [0.4, 0.5) is 16.2 Å². The molecule has 3 aromatic carbocycles. The number of halogens is 3. The number of nitrogens with one attached hydrogen (secondary N) is 1. The molecule has 39 heavy (non-hydrogen) atoms. The average molecular weight is 578 g/mol. The first-order valence-electron chi connectivity index (χ1n) is 13.0. The molecule has 1 unspecified atom stereocenters. The molecule has 1 N–H and O–H groups in total. The molecule has 8 heteroatoms. The molecule has 2 aliphatic heterocycles. The molecule has 5 nitrogen and oxygen atoms in total. The fraction of sp³-hybridized carbons (Fsp3) is 0.226. The van der Waals surface area contributed by atoms with Crippen LogP contribution in [0.2, 0.25) is 15.1 Å². The van der Waals surface area contributed by atoms with Gasteiger partial charge >= 0.3 is 6.03 Å². The molecule has 6 rings (SSSR count). The van der Waals surface area contributed by atoms with Gasteiger partial charge in [-0.05, 0) is 59.0 Å². The normalized spacial score (nSPS) is 19.2. The van der Waals surface area contributed by atoms with Crippen LogP contribution in [-0.4, -0.2) is 29.0 Å². The van der Waals surface area contributed by atoms with E-state index in [9.17, 15) is 4.79 Å². The van der Waals surface area contributed by atoms with Crippen LogP contribution < -0.4 is 10.2 Å². The highest BCUT2D eigenvalue weighted by Gasteiger charge is 2.35. The third-order valence-electron chi connectivity index (χ3n) is 7.71. The lowest BCUT2D eigenvalue weighted by molar-refractivity contribution is 0.247. The van der Waals surface area contributed by atoms with E-state index in [4.69, 9.17) is 34.8 Å². The molecule has 2 atom stereocenters. The second-order valence-electron chi connectivity index (χ2n) is 10.2. The van der Waals surface area contributed by atoms with E-state index < -0.39 is 0 Å². The lowest BCUT2D eigenvalue weighted by Crippen LogP contribution is -2.41. The van der Waals surface area contributed by atoms with Crippen LogP contribution in [0.3, 0.4) is 0 Å². The number of carbonyl (C=O) groups is 1. The number of likely N-dealkylation sites (tertiary alicyclic amines) is 1. The third kappa shape index (κ3) is 5.01. The van der Waals surface area contributed by atoms with Gasteiger partial charge in [-0.2, -0.15) is 0 Å². The van der Waals surface area contributed by atoms with Crippen LogP contribution in [0, 0.1) is 5.92 Å². The zero-order valence-electron chi connectivity index (χ0n) is 21.4. The van der Waals surface area contributed by atoms with Crippen LogP contribution in [0.25, 0.3) is 11.1 Å². The Labute approximate surface area is 243 Å². The van der Waals surface area contributed by atoms with Gasteiger partial charge in [0.05, 0.1) is 21.4 Å². The maximum absolute atomic E-state index is 13.4. The number of hydrogen-bond acceptors (Lipinski definition) is 3. The van der Waals surface area contributed by atoms with E-state index in [1.807, 2.05) is 36.7 Å². The van der Waals surface area contributed by atoms with Crippen molar-refractivity contribution in [3.8, 4) is 11.1 Å². The number of urea groups is 1. The number of fused-ring (bicyclic) bond motifs is 1. The number of anilines is 2. The van der Waals surface area contributed by atoms with Crippen LogP contribution in [0.15, 0.2) is 79.1 Å². The number of rotatable bonds is 5. The topological polar surface area (TPSA) is 48.5 Å². The first-order valence-corrected chi connectivity index (χ1v) is 14.1. The van der Waals surface area contributed by atoms with Crippen molar-refractivity contribution < 1.29 is 4.79 Å². The van der Waals surface area contributed by atoms with E-state index in [0.717, 1.165) is 47.6 Å². The van der Waals surface area contributed by atoms with Crippen LogP contribution in [-0.2, 0) is 13.1 Å². The third-order valence-corrected chi connectivity index (χ3v) is 8.65. The maximum atomic E-state index is 13.4. The van der Waals surface area contributed by atoms with Crippen LogP contribution in [0.5, 0.6) is 0 Å². The smallest absolute Gasteiger partial charge is 0.326 e. The summed E-state index contributed by atoms with van der Waals surface area (Å²) in [7, 11) is 0. The van der Waals surface area contributed by atoms with E-state index in [0.29, 0.717) is 33.2 Å². The lowest BCUT2D eigenvalue weighted by atomic mass is 9.85. The Hall–Kier alpha value is -3.09. The quantitative estimate of drug-likeness (QED) is 0.259. The van der Waals surface area contributed by atoms with E-state index in [-0.39, 0.29) is 11.9 Å². The fourth-order valence-electron chi connectivity index (χ4n) is 5.85. The van der Waals surface area contributed by atoms with Crippen molar-refractivity contribution in [2.75, 3.05) is 18.0 Å². The SMILES string of the molecule is C[C@H]1CN(Cc2ccncc2)CC1c1cc(-c2ccccc2Cl)c2c(c1)N(c1c(Cl)cccc1Cl)C(=O)NC2. The molecule has 2 aliphatic rings. The zero-order valence-corrected chi connectivity index (χ0v) is 23.6. The number of para-hydroxylation sites is 1. The second kappa shape index (κ2) is 10.8. The molecular formula is C31H27Cl3N4O. The standard InChI is InChI=1S/C31H27Cl3N4O/c1-19-16-37(17-20-9-11-35-12-10-20)18-25(19)21-13-23(22-5-2-3-6-26(22)32)24-15-36-31(39)38(29(24)14-21)30-27(33)7-4-8-28(30)34/h2-14,19,25H,15-18H2,1H3,(H,36,39)/t19-,25?/m0/s1. The van der Waals surface area contributed by atoms with Gasteiger partial charge < -0.3 is 5.32 Å². The highest BCUT2D eigenvalue weighted by atomic mass is 35.5. The van der Waals surface area contributed by atoms with E-state index in [2.05, 4.69) is 46.4 Å². The summed E-state index contributed by atoms with van der Waals surface area (Å²) in [6.07, 6.45) is 3.68. The highest BCUT2D eigenvalue weighted by molar-refractivity contribution is 6.40. The van der Waals surface area contributed by atoms with Crippen LogP contribution >= 0.6 is 34.8 Å². The molecule has 0 bridgehead atoms. The van der Waals surface area contributed by atoms with Gasteiger partial charge in [-0.15, -0.1) is 0 Å². The predicted molar refractivity (Wildman–Crippen MR) is 159 cm³/mol. The number of pyridine rings is 1. The van der Waals surface area contributed by atoms with Gasteiger partial charge in [-0.25, -0.2) is 4.79 Å². The predicted octanol–water partition coefficient (Wildman–Crippen LogP) is 8.31. The molecule has 1 fully saturated rings. The molecule has 3 heterocycles. The number of benzene rings is 3. The molecule has 0 aliphatic carbocycles. The van der Waals surface area contributed by atoms with Crippen molar-refractivity contribution in [2.24, 2.45) is 5.92 Å². The molecule has 0 spiro atoms. The Kier molecular flexibility index (Phi) is 7.25. The molecular weight excluding hydrogens is 551 g/mol. The molecule has 1 aromatic heterocycles. The summed E-state index contributed by atoms with van der Waals surface area (Å²) in [5.41, 5.74) is 6.56. The van der Waals surface area contributed by atoms with Gasteiger partial charge in [-0.3, -0.25) is 14.8 Å². The zero-order chi connectivity index (χ0) is 27.1. The van der Waals surface area contributed by atoms with Gasteiger partial charge in [0.25, 0.3) is 0 Å². The minimum atomic E-state index is -0.265. The number of hydrogen-bond donors (Lipinski definition) is 1. The number of aromatic nitrogens is 1. The minimum Gasteiger partial charge on any atom is -0.333 e. The highest BCUT2D eigenvalue weighted by Crippen LogP contribution is 2.46. The molecule has 0 radical (unpaired) electrons. The summed E-state index contributed by atoms with van der Waals surface area (Å²) in [6.45, 7) is 5.42. The van der Waals surface area contributed by atoms with Gasteiger partial charge in [0.15, 0.2) is 0 Å². The minimum absolute atomic E-state index is 0.265. The largest absolute Gasteiger partial charge is 0.333 e. The summed E-state index contributed by atoms with van der Waals surface area (Å²) < 4.78 is 0. The summed E-state index contributed by atoms with van der Waals surface area (Å²) in [5.74, 6) is 0.686. The summed E-state index contributed by atoms with van der Waals surface area (Å²) in [5, 5.41) is 4.50. The first-order chi connectivity index (χ1) is 18.9. The Balaban J connectivity index is 1.49. The van der Waals surface area contributed by atoms with E-state index >= 15 is 0 Å². The summed E-state index contributed by atoms with van der Waals surface area (Å²) >= 11 is 20.0. The van der Waals surface area contributed by atoms with Gasteiger partial charge in [-0.1, -0.05) is 72.1 Å². The Morgan fingerprint density at radius 2 is 1.62 bits per heavy atom.